The average molecular weight is 455 g/mol. The van der Waals surface area contributed by atoms with Crippen LogP contribution in [0.3, 0.4) is 0 Å². The van der Waals surface area contributed by atoms with Gasteiger partial charge >= 0.3 is 6.18 Å². The number of nitrogens with zero attached hydrogens (tertiary/aromatic N) is 4. The molecule has 0 amide bonds. The Kier molecular flexibility index (Phi) is 4.84. The Balaban J connectivity index is 1.43. The van der Waals surface area contributed by atoms with Crippen LogP contribution < -0.4 is 10.6 Å². The number of nitrogens with one attached hydrogen (secondary N) is 3. The number of rotatable bonds is 7. The smallest absolute Gasteiger partial charge is 0.374 e. The molecule has 10 heteroatoms. The lowest BCUT2D eigenvalue weighted by molar-refractivity contribution is -0.148. The van der Waals surface area contributed by atoms with Gasteiger partial charge in [-0.15, -0.1) is 0 Å². The van der Waals surface area contributed by atoms with Crippen LogP contribution in [0.5, 0.6) is 0 Å². The predicted molar refractivity (Wildman–Crippen MR) is 122 cm³/mol. The lowest BCUT2D eigenvalue weighted by Crippen LogP contribution is -2.38. The summed E-state index contributed by atoms with van der Waals surface area (Å²) < 4.78 is 40.5. The lowest BCUT2D eigenvalue weighted by Gasteiger charge is -2.19. The Morgan fingerprint density at radius 1 is 1.33 bits per heavy atom. The van der Waals surface area contributed by atoms with E-state index in [1.165, 1.54) is 19.0 Å². The van der Waals surface area contributed by atoms with E-state index in [9.17, 15) is 13.2 Å². The van der Waals surface area contributed by atoms with E-state index in [0.717, 1.165) is 30.0 Å². The van der Waals surface area contributed by atoms with Crippen molar-refractivity contribution in [1.82, 2.24) is 29.9 Å². The second-order valence-corrected chi connectivity index (χ2v) is 9.01. The first-order valence-corrected chi connectivity index (χ1v) is 10.7. The third-order valence-electron chi connectivity index (χ3n) is 6.25. The van der Waals surface area contributed by atoms with Crippen molar-refractivity contribution in [3.8, 4) is 11.1 Å². The summed E-state index contributed by atoms with van der Waals surface area (Å²) in [5.74, 6) is 0.582. The van der Waals surface area contributed by atoms with Crippen molar-refractivity contribution in [3.63, 3.8) is 0 Å². The zero-order valence-electron chi connectivity index (χ0n) is 18.3. The van der Waals surface area contributed by atoms with E-state index in [1.54, 1.807) is 16.9 Å². The number of fused-ring (bicyclic) bond motifs is 2. The Labute approximate surface area is 188 Å². The summed E-state index contributed by atoms with van der Waals surface area (Å²) in [6.07, 6.45) is 4.96. The van der Waals surface area contributed by atoms with Crippen LogP contribution in [0.1, 0.15) is 32.3 Å². The van der Waals surface area contributed by atoms with Crippen molar-refractivity contribution in [2.24, 2.45) is 5.41 Å². The van der Waals surface area contributed by atoms with Gasteiger partial charge in [-0.25, -0.2) is 9.50 Å². The van der Waals surface area contributed by atoms with Crippen molar-refractivity contribution in [1.29, 1.82) is 0 Å². The number of halogens is 3. The molecule has 0 aliphatic heterocycles. The molecular weight excluding hydrogens is 431 g/mol. The van der Waals surface area contributed by atoms with Gasteiger partial charge in [0.15, 0.2) is 0 Å². The topological polar surface area (TPSA) is 82.9 Å². The van der Waals surface area contributed by atoms with Gasteiger partial charge in [-0.3, -0.25) is 0 Å². The van der Waals surface area contributed by atoms with Crippen LogP contribution in [0.2, 0.25) is 0 Å². The first-order chi connectivity index (χ1) is 15.6. The molecule has 4 heterocycles. The molecule has 0 aromatic carbocycles. The Hall–Kier alpha value is -3.56. The molecule has 1 fully saturated rings. The van der Waals surface area contributed by atoms with Gasteiger partial charge in [0.1, 0.15) is 11.7 Å². The number of hydrogen-bond donors (Lipinski definition) is 3. The van der Waals surface area contributed by atoms with Crippen molar-refractivity contribution < 1.29 is 13.2 Å². The summed E-state index contributed by atoms with van der Waals surface area (Å²) >= 11 is 0. The van der Waals surface area contributed by atoms with Crippen molar-refractivity contribution in [2.45, 2.75) is 38.9 Å². The Morgan fingerprint density at radius 3 is 2.85 bits per heavy atom. The summed E-state index contributed by atoms with van der Waals surface area (Å²) in [6.45, 7) is 7.93. The third kappa shape index (κ3) is 4.12. The fourth-order valence-corrected chi connectivity index (χ4v) is 3.72. The molecule has 172 valence electrons. The molecule has 0 spiro atoms. The van der Waals surface area contributed by atoms with Crippen LogP contribution in [-0.2, 0) is 0 Å². The highest BCUT2D eigenvalue weighted by Gasteiger charge is 2.37. The van der Waals surface area contributed by atoms with Crippen LogP contribution in [0.4, 0.5) is 19.1 Å². The maximum atomic E-state index is 13.0. The third-order valence-corrected chi connectivity index (χ3v) is 6.25. The lowest BCUT2D eigenvalue weighted by atomic mass is 10.1. The molecule has 0 bridgehead atoms. The summed E-state index contributed by atoms with van der Waals surface area (Å²) in [7, 11) is 0. The minimum atomic E-state index is -4.37. The minimum absolute atomic E-state index is 0.161. The number of hydrogen-bond acceptors (Lipinski definition) is 5. The second-order valence-electron chi connectivity index (χ2n) is 9.01. The van der Waals surface area contributed by atoms with Gasteiger partial charge in [-0.1, -0.05) is 13.5 Å². The summed E-state index contributed by atoms with van der Waals surface area (Å²) in [5, 5.41) is 10.8. The van der Waals surface area contributed by atoms with E-state index in [-0.39, 0.29) is 5.70 Å². The van der Waals surface area contributed by atoms with E-state index in [4.69, 9.17) is 0 Å². The van der Waals surface area contributed by atoms with Gasteiger partial charge in [0.25, 0.3) is 0 Å². The van der Waals surface area contributed by atoms with Gasteiger partial charge in [-0.2, -0.15) is 23.3 Å². The van der Waals surface area contributed by atoms with Crippen molar-refractivity contribution in [2.75, 3.05) is 11.9 Å². The highest BCUT2D eigenvalue weighted by atomic mass is 19.4. The number of alkyl halides is 3. The maximum absolute atomic E-state index is 13.0. The fraction of sp³-hybridized carbons (Fsp3) is 0.348. The standard InChI is InChI=1S/C23H24F3N7/c1-13(31-14(2)23(24,25)26)16-11-30-33-7-4-15(8-19(16)33)17-9-27-20-18(17)10-28-21(32-20)29-12-22(3)5-6-22/h4,7-11,14,31H,1,5-6,12H2,2-3H3,(H2,27,28,29,32). The van der Waals surface area contributed by atoms with Crippen LogP contribution in [0.15, 0.2) is 43.5 Å². The van der Waals surface area contributed by atoms with Gasteiger partial charge in [-0.05, 0) is 42.9 Å². The molecule has 1 unspecified atom stereocenters. The largest absolute Gasteiger partial charge is 0.408 e. The van der Waals surface area contributed by atoms with Crippen LogP contribution >= 0.6 is 0 Å². The van der Waals surface area contributed by atoms with Crippen LogP contribution in [0, 0.1) is 5.41 Å². The number of pyridine rings is 1. The molecule has 4 aromatic rings. The molecule has 0 saturated heterocycles. The van der Waals surface area contributed by atoms with E-state index < -0.39 is 12.2 Å². The summed E-state index contributed by atoms with van der Waals surface area (Å²) in [6, 6.07) is 2.04. The number of aromatic amines is 1. The quantitative estimate of drug-likeness (QED) is 0.366. The van der Waals surface area contributed by atoms with Gasteiger partial charge in [0.05, 0.1) is 11.7 Å². The van der Waals surface area contributed by atoms with Gasteiger partial charge < -0.3 is 15.6 Å². The molecule has 1 aliphatic carbocycles. The molecule has 33 heavy (non-hydrogen) atoms. The Morgan fingerprint density at radius 2 is 2.12 bits per heavy atom. The Bertz CT molecular complexity index is 1350. The molecule has 1 aliphatic rings. The van der Waals surface area contributed by atoms with E-state index >= 15 is 0 Å². The first kappa shape index (κ1) is 21.3. The molecule has 1 atom stereocenters. The summed E-state index contributed by atoms with van der Waals surface area (Å²) in [5.41, 5.74) is 4.12. The second kappa shape index (κ2) is 7.50. The number of H-pyrrole nitrogens is 1. The van der Waals surface area contributed by atoms with Crippen LogP contribution in [0.25, 0.3) is 33.4 Å². The number of aromatic nitrogens is 5. The van der Waals surface area contributed by atoms with Gasteiger partial charge in [0, 0.05) is 47.3 Å². The van der Waals surface area contributed by atoms with E-state index in [1.807, 2.05) is 18.3 Å². The maximum Gasteiger partial charge on any atom is 0.408 e. The van der Waals surface area contributed by atoms with E-state index in [0.29, 0.717) is 28.1 Å². The zero-order chi connectivity index (χ0) is 23.4. The molecular formula is C23H24F3N7. The van der Waals surface area contributed by atoms with Crippen molar-refractivity contribution in [3.05, 3.63) is 49.1 Å². The SMILES string of the molecule is C=C(NC(C)C(F)(F)F)c1cnn2ccc(-c3c[nH]c4nc(NCC5(C)CC5)ncc34)cc12. The van der Waals surface area contributed by atoms with Crippen molar-refractivity contribution >= 4 is 28.2 Å². The highest BCUT2D eigenvalue weighted by molar-refractivity contribution is 5.94. The monoisotopic (exact) mass is 455 g/mol. The zero-order valence-corrected chi connectivity index (χ0v) is 18.3. The molecule has 7 nitrogen and oxygen atoms in total. The molecule has 4 aromatic heterocycles. The average Bonchev–Trinajstić information content (AvgIpc) is 3.18. The molecule has 1 saturated carbocycles. The van der Waals surface area contributed by atoms with E-state index in [2.05, 4.69) is 44.2 Å². The minimum Gasteiger partial charge on any atom is -0.374 e. The van der Waals surface area contributed by atoms with Gasteiger partial charge in [0.2, 0.25) is 5.95 Å². The number of anilines is 1. The first-order valence-electron chi connectivity index (χ1n) is 10.7. The normalized spacial score (nSPS) is 16.2. The van der Waals surface area contributed by atoms with Crippen LogP contribution in [-0.4, -0.2) is 43.3 Å². The predicted octanol–water partition coefficient (Wildman–Crippen LogP) is 5.00. The fourth-order valence-electron chi connectivity index (χ4n) is 3.72. The highest BCUT2D eigenvalue weighted by Crippen LogP contribution is 2.44. The summed E-state index contributed by atoms with van der Waals surface area (Å²) in [4.78, 5) is 12.2. The molecule has 0 radical (unpaired) electrons. The molecule has 3 N–H and O–H groups in total. The molecule has 5 rings (SSSR count).